The third-order valence-corrected chi connectivity index (χ3v) is 5.31. The molecule has 3 rings (SSSR count). The third-order valence-electron chi connectivity index (χ3n) is 5.31. The average Bonchev–Trinajstić information content (AvgIpc) is 3.09. The number of aromatic nitrogens is 4. The first-order valence-corrected chi connectivity index (χ1v) is 10.7. The molecule has 0 radical (unpaired) electrons. The van der Waals surface area contributed by atoms with E-state index in [1.807, 2.05) is 6.92 Å². The van der Waals surface area contributed by atoms with E-state index in [1.54, 1.807) is 35.7 Å². The lowest BCUT2D eigenvalue weighted by atomic mass is 10.2. The Bertz CT molecular complexity index is 1250. The molecule has 0 aliphatic rings. The molecule has 1 aromatic carbocycles. The largest absolute Gasteiger partial charge is 0.343 e. The molecule has 0 atom stereocenters. The number of hydrogen-bond donors (Lipinski definition) is 1. The minimum atomic E-state index is -0.412. The zero-order valence-electron chi connectivity index (χ0n) is 18.9. The number of nitrogens with zero attached hydrogens (tertiary/aromatic N) is 5. The maximum absolute atomic E-state index is 13.5. The molecule has 2 aromatic heterocycles. The normalized spacial score (nSPS) is 11.3. The number of imidazole rings is 1. The number of benzene rings is 1. The maximum atomic E-state index is 13.5. The van der Waals surface area contributed by atoms with E-state index in [1.165, 1.54) is 35.3 Å². The van der Waals surface area contributed by atoms with E-state index in [0.29, 0.717) is 30.7 Å². The van der Waals surface area contributed by atoms with Gasteiger partial charge in [0.15, 0.2) is 0 Å². The Labute approximate surface area is 190 Å². The predicted octanol–water partition coefficient (Wildman–Crippen LogP) is 2.46. The first-order valence-electron chi connectivity index (χ1n) is 10.7. The van der Waals surface area contributed by atoms with Gasteiger partial charge in [-0.05, 0) is 38.0 Å². The van der Waals surface area contributed by atoms with Gasteiger partial charge >= 0.3 is 0 Å². The molecular weight excluding hydrogens is 427 g/mol. The van der Waals surface area contributed by atoms with E-state index >= 15 is 0 Å². The van der Waals surface area contributed by atoms with Crippen LogP contribution in [-0.4, -0.2) is 49.4 Å². The number of likely N-dealkylation sites (N-methyl/N-ethyl adjacent to an activating group) is 1. The Hall–Kier alpha value is -3.82. The average molecular weight is 455 g/mol. The van der Waals surface area contributed by atoms with Crippen LogP contribution in [0.1, 0.15) is 32.0 Å². The molecule has 174 valence electrons. The molecule has 0 saturated heterocycles. The van der Waals surface area contributed by atoms with Gasteiger partial charge in [0.05, 0.1) is 30.1 Å². The van der Waals surface area contributed by atoms with E-state index < -0.39 is 5.56 Å². The van der Waals surface area contributed by atoms with E-state index in [0.717, 1.165) is 5.52 Å². The molecule has 0 fully saturated rings. The fourth-order valence-electron chi connectivity index (χ4n) is 3.23. The topological polar surface area (TPSA) is 102 Å². The summed E-state index contributed by atoms with van der Waals surface area (Å²) in [5.74, 6) is -0.219. The summed E-state index contributed by atoms with van der Waals surface area (Å²) >= 11 is 0. The SMILES string of the molecule is CCN(C)C(=O)/C=C/CCCC(=O)Nc1cncn(Cc2nc3cc(F)ccc3n2C)c1=O. The first-order chi connectivity index (χ1) is 15.8. The van der Waals surface area contributed by atoms with Crippen molar-refractivity contribution in [3.63, 3.8) is 0 Å². The fraction of sp³-hybridized carbons (Fsp3) is 0.348. The summed E-state index contributed by atoms with van der Waals surface area (Å²) in [4.78, 5) is 46.8. The van der Waals surface area contributed by atoms with Crippen LogP contribution in [-0.2, 0) is 23.2 Å². The van der Waals surface area contributed by atoms with Crippen molar-refractivity contribution >= 4 is 28.5 Å². The lowest BCUT2D eigenvalue weighted by Crippen LogP contribution is -2.27. The molecule has 0 unspecified atom stereocenters. The first kappa shape index (κ1) is 23.8. The highest BCUT2D eigenvalue weighted by atomic mass is 19.1. The molecule has 1 N–H and O–H groups in total. The number of amides is 2. The van der Waals surface area contributed by atoms with Crippen molar-refractivity contribution < 1.29 is 14.0 Å². The molecule has 2 heterocycles. The van der Waals surface area contributed by atoms with Gasteiger partial charge in [-0.2, -0.15) is 0 Å². The molecule has 0 aliphatic heterocycles. The Morgan fingerprint density at radius 2 is 2.09 bits per heavy atom. The van der Waals surface area contributed by atoms with Crippen molar-refractivity contribution in [1.82, 2.24) is 24.0 Å². The van der Waals surface area contributed by atoms with Crippen molar-refractivity contribution in [2.24, 2.45) is 7.05 Å². The number of fused-ring (bicyclic) bond motifs is 1. The maximum Gasteiger partial charge on any atom is 0.277 e. The van der Waals surface area contributed by atoms with Gasteiger partial charge in [-0.3, -0.25) is 19.0 Å². The molecule has 9 nitrogen and oxygen atoms in total. The van der Waals surface area contributed by atoms with Gasteiger partial charge < -0.3 is 14.8 Å². The van der Waals surface area contributed by atoms with E-state index in [9.17, 15) is 18.8 Å². The zero-order chi connectivity index (χ0) is 24.0. The number of carbonyl (C=O) groups excluding carboxylic acids is 2. The van der Waals surface area contributed by atoms with E-state index in [-0.39, 0.29) is 36.3 Å². The van der Waals surface area contributed by atoms with Crippen molar-refractivity contribution in [2.45, 2.75) is 32.7 Å². The zero-order valence-corrected chi connectivity index (χ0v) is 18.9. The van der Waals surface area contributed by atoms with Gasteiger partial charge in [-0.15, -0.1) is 0 Å². The van der Waals surface area contributed by atoms with Crippen molar-refractivity contribution in [3.8, 4) is 0 Å². The standard InChI is InChI=1S/C23H27FN6O3/c1-4-28(2)22(32)9-7-5-6-8-21(31)27-18-13-25-15-30(23(18)33)14-20-26-17-12-16(24)10-11-19(17)29(20)3/h7,9-13,15H,4-6,8,14H2,1-3H3,(H,27,31)/b9-7+. The molecule has 10 heteroatoms. The smallest absolute Gasteiger partial charge is 0.277 e. The number of allylic oxidation sites excluding steroid dienone is 1. The number of nitrogens with one attached hydrogen (secondary N) is 1. The van der Waals surface area contributed by atoms with Crippen LogP contribution in [0, 0.1) is 5.82 Å². The van der Waals surface area contributed by atoms with Gasteiger partial charge in [0.2, 0.25) is 11.8 Å². The van der Waals surface area contributed by atoms with Crippen molar-refractivity contribution in [1.29, 1.82) is 0 Å². The second kappa shape index (κ2) is 10.7. The van der Waals surface area contributed by atoms with Crippen molar-refractivity contribution in [3.05, 3.63) is 64.9 Å². The lowest BCUT2D eigenvalue weighted by molar-refractivity contribution is -0.124. The van der Waals surface area contributed by atoms with Crippen LogP contribution < -0.4 is 10.9 Å². The number of halogens is 1. The Kier molecular flexibility index (Phi) is 7.70. The number of carbonyl (C=O) groups is 2. The van der Waals surface area contributed by atoms with Crippen molar-refractivity contribution in [2.75, 3.05) is 18.9 Å². The predicted molar refractivity (Wildman–Crippen MR) is 123 cm³/mol. The van der Waals surface area contributed by atoms with Gasteiger partial charge in [-0.25, -0.2) is 14.4 Å². The van der Waals surface area contributed by atoms with Crippen LogP contribution in [0.3, 0.4) is 0 Å². The number of hydrogen-bond acceptors (Lipinski definition) is 5. The molecule has 3 aromatic rings. The number of unbranched alkanes of at least 4 members (excludes halogenated alkanes) is 1. The monoisotopic (exact) mass is 454 g/mol. The second-order valence-electron chi connectivity index (χ2n) is 7.66. The van der Waals surface area contributed by atoms with Crippen LogP contribution in [0.4, 0.5) is 10.1 Å². The van der Waals surface area contributed by atoms with Gasteiger partial charge in [0.25, 0.3) is 5.56 Å². The molecule has 2 amide bonds. The Balaban J connectivity index is 1.61. The molecule has 0 saturated carbocycles. The highest BCUT2D eigenvalue weighted by Gasteiger charge is 2.13. The van der Waals surface area contributed by atoms with Crippen LogP contribution in [0.15, 0.2) is 47.7 Å². The van der Waals surface area contributed by atoms with Crippen LogP contribution >= 0.6 is 0 Å². The molecule has 0 spiro atoms. The van der Waals surface area contributed by atoms with Crippen LogP contribution in [0.2, 0.25) is 0 Å². The lowest BCUT2D eigenvalue weighted by Gasteiger charge is -2.10. The van der Waals surface area contributed by atoms with Gasteiger partial charge in [-0.1, -0.05) is 6.08 Å². The summed E-state index contributed by atoms with van der Waals surface area (Å²) in [6.45, 7) is 2.64. The molecular formula is C23H27FN6O3. The minimum Gasteiger partial charge on any atom is -0.343 e. The summed E-state index contributed by atoms with van der Waals surface area (Å²) in [6.07, 6.45) is 7.22. The molecule has 0 bridgehead atoms. The number of rotatable bonds is 9. The number of anilines is 1. The molecule has 33 heavy (non-hydrogen) atoms. The van der Waals surface area contributed by atoms with E-state index in [4.69, 9.17) is 0 Å². The summed E-state index contributed by atoms with van der Waals surface area (Å²) in [5, 5.41) is 2.60. The van der Waals surface area contributed by atoms with Crippen LogP contribution in [0.25, 0.3) is 11.0 Å². The highest BCUT2D eigenvalue weighted by molar-refractivity contribution is 5.90. The highest BCUT2D eigenvalue weighted by Crippen LogP contribution is 2.16. The third kappa shape index (κ3) is 5.91. The van der Waals surface area contributed by atoms with Gasteiger partial charge in [0.1, 0.15) is 17.3 Å². The quantitative estimate of drug-likeness (QED) is 0.395. The van der Waals surface area contributed by atoms with E-state index in [2.05, 4.69) is 15.3 Å². The summed E-state index contributed by atoms with van der Waals surface area (Å²) in [6, 6.07) is 4.32. The number of aryl methyl sites for hydroxylation is 1. The summed E-state index contributed by atoms with van der Waals surface area (Å²) in [5.41, 5.74) is 0.899. The Morgan fingerprint density at radius 3 is 2.85 bits per heavy atom. The van der Waals surface area contributed by atoms with Gasteiger partial charge in [0, 0.05) is 33.1 Å². The van der Waals surface area contributed by atoms with Crippen LogP contribution in [0.5, 0.6) is 0 Å². The molecule has 0 aliphatic carbocycles. The second-order valence-corrected chi connectivity index (χ2v) is 7.66. The summed E-state index contributed by atoms with van der Waals surface area (Å²) < 4.78 is 16.6. The fourth-order valence-corrected chi connectivity index (χ4v) is 3.23. The minimum absolute atomic E-state index is 0.0719. The summed E-state index contributed by atoms with van der Waals surface area (Å²) in [7, 11) is 3.51. The Morgan fingerprint density at radius 1 is 1.30 bits per heavy atom.